The van der Waals surface area contributed by atoms with Gasteiger partial charge in [-0.1, -0.05) is 29.3 Å². The van der Waals surface area contributed by atoms with Gasteiger partial charge in [-0.25, -0.2) is 4.98 Å². The zero-order chi connectivity index (χ0) is 18.8. The normalized spacial score (nSPS) is 13.2. The van der Waals surface area contributed by atoms with Crippen LogP contribution in [0.2, 0.25) is 10.0 Å². The lowest BCUT2D eigenvalue weighted by molar-refractivity contribution is -0.384. The molecule has 2 N–H and O–H groups in total. The number of rotatable bonds is 5. The average Bonchev–Trinajstić information content (AvgIpc) is 3.39. The number of aromatic nitrogens is 1. The van der Waals surface area contributed by atoms with Crippen molar-refractivity contribution >= 4 is 52.2 Å². The Balaban J connectivity index is 1.90. The first-order chi connectivity index (χ1) is 12.4. The molecule has 8 nitrogen and oxygen atoms in total. The van der Waals surface area contributed by atoms with E-state index in [9.17, 15) is 19.7 Å². The van der Waals surface area contributed by atoms with Crippen LogP contribution in [-0.2, 0) is 4.79 Å². The number of nitrogens with one attached hydrogen (secondary N) is 2. The number of hydrogen-bond donors (Lipinski definition) is 2. The van der Waals surface area contributed by atoms with Crippen molar-refractivity contribution in [3.63, 3.8) is 0 Å². The molecule has 10 heteroatoms. The molecule has 1 aliphatic carbocycles. The number of anilines is 2. The van der Waals surface area contributed by atoms with Crippen LogP contribution in [0.4, 0.5) is 17.2 Å². The molecule has 0 bridgehead atoms. The van der Waals surface area contributed by atoms with E-state index in [2.05, 4.69) is 15.6 Å². The third-order valence-electron chi connectivity index (χ3n) is 3.72. The van der Waals surface area contributed by atoms with Crippen LogP contribution in [-0.4, -0.2) is 21.7 Å². The van der Waals surface area contributed by atoms with Crippen LogP contribution in [0.25, 0.3) is 0 Å². The molecule has 0 aliphatic heterocycles. The Kier molecular flexibility index (Phi) is 5.06. The molecule has 0 spiro atoms. The highest BCUT2D eigenvalue weighted by atomic mass is 35.5. The largest absolute Gasteiger partial charge is 0.316 e. The van der Waals surface area contributed by atoms with Gasteiger partial charge in [-0.05, 0) is 25.0 Å². The SMILES string of the molecule is O=C(Nc1cc(NC(=O)C2CC2)ncc1[N+](=O)[O-])c1c(Cl)cccc1Cl. The fraction of sp³-hybridized carbons (Fsp3) is 0.188. The summed E-state index contributed by atoms with van der Waals surface area (Å²) in [5.41, 5.74) is -0.562. The minimum Gasteiger partial charge on any atom is -0.316 e. The van der Waals surface area contributed by atoms with Crippen molar-refractivity contribution in [2.75, 3.05) is 10.6 Å². The van der Waals surface area contributed by atoms with E-state index < -0.39 is 16.5 Å². The van der Waals surface area contributed by atoms with E-state index >= 15 is 0 Å². The third kappa shape index (κ3) is 3.92. The van der Waals surface area contributed by atoms with Gasteiger partial charge in [-0.2, -0.15) is 0 Å². The molecule has 0 saturated heterocycles. The van der Waals surface area contributed by atoms with Crippen LogP contribution in [0.1, 0.15) is 23.2 Å². The lowest BCUT2D eigenvalue weighted by atomic mass is 10.2. The van der Waals surface area contributed by atoms with Crippen LogP contribution in [0.15, 0.2) is 30.5 Å². The molecule has 3 rings (SSSR count). The van der Waals surface area contributed by atoms with E-state index in [1.54, 1.807) is 6.07 Å². The van der Waals surface area contributed by atoms with E-state index in [1.807, 2.05) is 0 Å². The summed E-state index contributed by atoms with van der Waals surface area (Å²) >= 11 is 12.0. The average molecular weight is 395 g/mol. The van der Waals surface area contributed by atoms with Gasteiger partial charge >= 0.3 is 5.69 Å². The molecule has 2 aromatic rings. The van der Waals surface area contributed by atoms with Crippen molar-refractivity contribution in [2.45, 2.75) is 12.8 Å². The van der Waals surface area contributed by atoms with E-state index in [4.69, 9.17) is 23.2 Å². The number of nitro groups is 1. The van der Waals surface area contributed by atoms with Gasteiger partial charge in [0.25, 0.3) is 5.91 Å². The highest BCUT2D eigenvalue weighted by Gasteiger charge is 2.30. The van der Waals surface area contributed by atoms with Gasteiger partial charge < -0.3 is 10.6 Å². The number of amides is 2. The summed E-state index contributed by atoms with van der Waals surface area (Å²) in [6, 6.07) is 5.75. The fourth-order valence-electron chi connectivity index (χ4n) is 2.24. The Labute approximate surface area is 157 Å². The van der Waals surface area contributed by atoms with Crippen LogP contribution in [0.3, 0.4) is 0 Å². The second kappa shape index (κ2) is 7.27. The predicted molar refractivity (Wildman–Crippen MR) is 96.7 cm³/mol. The molecule has 1 saturated carbocycles. The summed E-state index contributed by atoms with van der Waals surface area (Å²) in [5.74, 6) is -0.882. The summed E-state index contributed by atoms with van der Waals surface area (Å²) in [6.07, 6.45) is 2.56. The van der Waals surface area contributed by atoms with E-state index in [0.29, 0.717) is 0 Å². The molecule has 1 heterocycles. The number of nitrogens with zero attached hydrogens (tertiary/aromatic N) is 2. The number of halogens is 2. The van der Waals surface area contributed by atoms with Gasteiger partial charge in [0.2, 0.25) is 5.91 Å². The van der Waals surface area contributed by atoms with Crippen molar-refractivity contribution in [3.8, 4) is 0 Å². The Morgan fingerprint density at radius 2 is 1.85 bits per heavy atom. The maximum absolute atomic E-state index is 12.5. The fourth-order valence-corrected chi connectivity index (χ4v) is 2.80. The Morgan fingerprint density at radius 1 is 1.19 bits per heavy atom. The molecule has 1 aromatic carbocycles. The van der Waals surface area contributed by atoms with Gasteiger partial charge in [0.15, 0.2) is 0 Å². The van der Waals surface area contributed by atoms with E-state index in [-0.39, 0.29) is 38.9 Å². The molecule has 1 aromatic heterocycles. The van der Waals surface area contributed by atoms with E-state index in [0.717, 1.165) is 19.0 Å². The van der Waals surface area contributed by atoms with Crippen LogP contribution in [0.5, 0.6) is 0 Å². The highest BCUT2D eigenvalue weighted by molar-refractivity contribution is 6.40. The summed E-state index contributed by atoms with van der Waals surface area (Å²) in [6.45, 7) is 0. The number of carbonyl (C=O) groups is 2. The third-order valence-corrected chi connectivity index (χ3v) is 4.35. The first-order valence-electron chi connectivity index (χ1n) is 7.57. The second-order valence-corrected chi connectivity index (χ2v) is 6.47. The van der Waals surface area contributed by atoms with Gasteiger partial charge in [-0.3, -0.25) is 19.7 Å². The molecule has 2 amide bonds. The smallest absolute Gasteiger partial charge is 0.311 e. The maximum atomic E-state index is 12.5. The van der Waals surface area contributed by atoms with Crippen LogP contribution in [0, 0.1) is 16.0 Å². The first kappa shape index (κ1) is 18.1. The minimum atomic E-state index is -0.714. The molecule has 1 aliphatic rings. The molecular weight excluding hydrogens is 383 g/mol. The summed E-state index contributed by atoms with van der Waals surface area (Å²) in [7, 11) is 0. The maximum Gasteiger partial charge on any atom is 0.311 e. The number of carbonyl (C=O) groups excluding carboxylic acids is 2. The lowest BCUT2D eigenvalue weighted by Crippen LogP contribution is -2.17. The molecule has 1 fully saturated rings. The predicted octanol–water partition coefficient (Wildman–Crippen LogP) is 3.90. The zero-order valence-electron chi connectivity index (χ0n) is 13.2. The quantitative estimate of drug-likeness (QED) is 0.589. The summed E-state index contributed by atoms with van der Waals surface area (Å²) in [4.78, 5) is 38.7. The highest BCUT2D eigenvalue weighted by Crippen LogP contribution is 2.32. The topological polar surface area (TPSA) is 114 Å². The first-order valence-corrected chi connectivity index (χ1v) is 8.33. The van der Waals surface area contributed by atoms with Gasteiger partial charge in [0, 0.05) is 12.0 Å². The van der Waals surface area contributed by atoms with Crippen molar-refractivity contribution < 1.29 is 14.5 Å². The van der Waals surface area contributed by atoms with Gasteiger partial charge in [-0.15, -0.1) is 0 Å². The standard InChI is InChI=1S/C16H12Cl2N4O4/c17-9-2-1-3-10(18)14(9)16(24)20-11-6-13(19-7-12(11)22(25)26)21-15(23)8-4-5-8/h1-3,6-8H,4-5H2,(H2,19,20,21,23,24). The monoisotopic (exact) mass is 394 g/mol. The lowest BCUT2D eigenvalue weighted by Gasteiger charge is -2.10. The van der Waals surface area contributed by atoms with Crippen molar-refractivity contribution in [1.82, 2.24) is 4.98 Å². The zero-order valence-corrected chi connectivity index (χ0v) is 14.7. The van der Waals surface area contributed by atoms with E-state index in [1.165, 1.54) is 18.2 Å². The van der Waals surface area contributed by atoms with Gasteiger partial charge in [0.1, 0.15) is 17.7 Å². The Bertz CT molecular complexity index is 895. The molecule has 0 unspecified atom stereocenters. The number of benzene rings is 1. The molecule has 0 atom stereocenters. The number of hydrogen-bond acceptors (Lipinski definition) is 5. The molecule has 134 valence electrons. The van der Waals surface area contributed by atoms with Crippen LogP contribution < -0.4 is 10.6 Å². The van der Waals surface area contributed by atoms with Crippen molar-refractivity contribution in [3.05, 3.63) is 56.2 Å². The number of pyridine rings is 1. The molecule has 26 heavy (non-hydrogen) atoms. The van der Waals surface area contributed by atoms with Gasteiger partial charge in [0.05, 0.1) is 20.5 Å². The molecule has 0 radical (unpaired) electrons. The van der Waals surface area contributed by atoms with Crippen molar-refractivity contribution in [1.29, 1.82) is 0 Å². The van der Waals surface area contributed by atoms with Crippen molar-refractivity contribution in [2.24, 2.45) is 5.92 Å². The minimum absolute atomic E-state index is 0.00879. The van der Waals surface area contributed by atoms with Crippen LogP contribution >= 0.6 is 23.2 Å². The summed E-state index contributed by atoms with van der Waals surface area (Å²) < 4.78 is 0. The molecular formula is C16H12Cl2N4O4. The second-order valence-electron chi connectivity index (χ2n) is 5.66. The Morgan fingerprint density at radius 3 is 2.42 bits per heavy atom. The summed E-state index contributed by atoms with van der Waals surface area (Å²) in [5, 5.41) is 16.4. The Hall–Kier alpha value is -2.71.